The minimum Gasteiger partial charge on any atom is -0.356 e. The summed E-state index contributed by atoms with van der Waals surface area (Å²) < 4.78 is 22.9. The summed E-state index contributed by atoms with van der Waals surface area (Å²) in [4.78, 5) is 12.3. The SMILES string of the molecule is CC(C)C(CC(=O)NCCCC1CCS(=O)(=O)C1)c1ccc(Cl)cc1. The second-order valence-corrected chi connectivity index (χ2v) is 10.0. The van der Waals surface area contributed by atoms with Gasteiger partial charge in [-0.1, -0.05) is 37.6 Å². The molecule has 0 spiro atoms. The number of carbonyl (C=O) groups excluding carboxylic acids is 1. The molecule has 1 aromatic rings. The molecule has 2 atom stereocenters. The van der Waals surface area contributed by atoms with Crippen molar-refractivity contribution in [3.05, 3.63) is 34.9 Å². The lowest BCUT2D eigenvalue weighted by Gasteiger charge is -2.21. The molecule has 0 aliphatic carbocycles. The van der Waals surface area contributed by atoms with Gasteiger partial charge in [0.2, 0.25) is 5.91 Å². The van der Waals surface area contributed by atoms with Crippen molar-refractivity contribution in [2.24, 2.45) is 11.8 Å². The predicted molar refractivity (Wildman–Crippen MR) is 103 cm³/mol. The number of sulfone groups is 1. The van der Waals surface area contributed by atoms with Crippen molar-refractivity contribution in [3.63, 3.8) is 0 Å². The van der Waals surface area contributed by atoms with Gasteiger partial charge in [-0.3, -0.25) is 4.79 Å². The Morgan fingerprint density at radius 2 is 1.96 bits per heavy atom. The number of benzene rings is 1. The molecule has 2 rings (SSSR count). The van der Waals surface area contributed by atoms with Crippen LogP contribution in [-0.4, -0.2) is 32.4 Å². The molecule has 1 aliphatic rings. The molecule has 0 bridgehead atoms. The van der Waals surface area contributed by atoms with Gasteiger partial charge in [0.25, 0.3) is 0 Å². The zero-order valence-electron chi connectivity index (χ0n) is 15.0. The fourth-order valence-electron chi connectivity index (χ4n) is 3.44. The van der Waals surface area contributed by atoms with Crippen LogP contribution in [0.25, 0.3) is 0 Å². The third-order valence-corrected chi connectivity index (χ3v) is 7.04. The van der Waals surface area contributed by atoms with Crippen molar-refractivity contribution in [1.29, 1.82) is 0 Å². The number of hydrogen-bond donors (Lipinski definition) is 1. The number of amides is 1. The van der Waals surface area contributed by atoms with E-state index in [-0.39, 0.29) is 17.7 Å². The fourth-order valence-corrected chi connectivity index (χ4v) is 5.48. The summed E-state index contributed by atoms with van der Waals surface area (Å²) in [5.41, 5.74) is 1.13. The van der Waals surface area contributed by atoms with Gasteiger partial charge in [-0.2, -0.15) is 0 Å². The van der Waals surface area contributed by atoms with E-state index in [0.29, 0.717) is 35.4 Å². The van der Waals surface area contributed by atoms with Crippen LogP contribution in [-0.2, 0) is 14.6 Å². The highest BCUT2D eigenvalue weighted by Gasteiger charge is 2.27. The summed E-state index contributed by atoms with van der Waals surface area (Å²) in [6.07, 6.45) is 2.92. The normalized spacial score (nSPS) is 20.6. The van der Waals surface area contributed by atoms with Crippen LogP contribution in [0.2, 0.25) is 5.02 Å². The molecule has 2 unspecified atom stereocenters. The minimum absolute atomic E-state index is 0.0488. The van der Waals surface area contributed by atoms with Gasteiger partial charge in [-0.15, -0.1) is 0 Å². The third-order valence-electron chi connectivity index (χ3n) is 4.95. The van der Waals surface area contributed by atoms with E-state index in [1.54, 1.807) is 0 Å². The summed E-state index contributed by atoms with van der Waals surface area (Å²) in [6.45, 7) is 4.85. The van der Waals surface area contributed by atoms with Crippen LogP contribution in [0.5, 0.6) is 0 Å². The molecule has 6 heteroatoms. The molecule has 1 aromatic carbocycles. The molecule has 1 heterocycles. The Labute approximate surface area is 156 Å². The van der Waals surface area contributed by atoms with Crippen LogP contribution in [0.15, 0.2) is 24.3 Å². The molecule has 1 fully saturated rings. The number of halogens is 1. The Morgan fingerprint density at radius 1 is 1.28 bits per heavy atom. The van der Waals surface area contributed by atoms with Crippen molar-refractivity contribution >= 4 is 27.3 Å². The largest absolute Gasteiger partial charge is 0.356 e. The molecule has 1 saturated heterocycles. The van der Waals surface area contributed by atoms with Crippen LogP contribution < -0.4 is 5.32 Å². The van der Waals surface area contributed by atoms with Gasteiger partial charge in [0, 0.05) is 18.0 Å². The molecular weight excluding hydrogens is 358 g/mol. The van der Waals surface area contributed by atoms with Gasteiger partial charge >= 0.3 is 0 Å². The second-order valence-electron chi connectivity index (χ2n) is 7.37. The molecule has 0 aromatic heterocycles. The Balaban J connectivity index is 1.75. The standard InChI is InChI=1S/C19H28ClNO3S/c1-14(2)18(16-5-7-17(20)8-6-16)12-19(22)21-10-3-4-15-9-11-25(23,24)13-15/h5-8,14-15,18H,3-4,9-13H2,1-2H3,(H,21,22). The first-order valence-corrected chi connectivity index (χ1v) is 11.2. The van der Waals surface area contributed by atoms with E-state index in [9.17, 15) is 13.2 Å². The van der Waals surface area contributed by atoms with Gasteiger partial charge < -0.3 is 5.32 Å². The first-order chi connectivity index (χ1) is 11.8. The van der Waals surface area contributed by atoms with E-state index in [0.717, 1.165) is 24.8 Å². The average molecular weight is 386 g/mol. The van der Waals surface area contributed by atoms with E-state index in [4.69, 9.17) is 11.6 Å². The summed E-state index contributed by atoms with van der Waals surface area (Å²) in [6, 6.07) is 7.70. The topological polar surface area (TPSA) is 63.2 Å². The van der Waals surface area contributed by atoms with E-state index in [1.807, 2.05) is 24.3 Å². The van der Waals surface area contributed by atoms with Gasteiger partial charge in [0.1, 0.15) is 0 Å². The van der Waals surface area contributed by atoms with Gasteiger partial charge in [0.15, 0.2) is 9.84 Å². The Kier molecular flexibility index (Phi) is 7.32. The number of rotatable bonds is 8. The molecule has 0 radical (unpaired) electrons. The van der Waals surface area contributed by atoms with Crippen molar-refractivity contribution in [2.45, 2.75) is 45.4 Å². The summed E-state index contributed by atoms with van der Waals surface area (Å²) in [5, 5.41) is 3.68. The maximum atomic E-state index is 12.3. The maximum Gasteiger partial charge on any atom is 0.220 e. The second kappa shape index (κ2) is 9.04. The first kappa shape index (κ1) is 20.2. The van der Waals surface area contributed by atoms with Gasteiger partial charge in [0.05, 0.1) is 11.5 Å². The Hall–Kier alpha value is -1.07. The van der Waals surface area contributed by atoms with Crippen LogP contribution in [0.3, 0.4) is 0 Å². The lowest BCUT2D eigenvalue weighted by molar-refractivity contribution is -0.121. The summed E-state index contributed by atoms with van der Waals surface area (Å²) >= 11 is 5.94. The van der Waals surface area contributed by atoms with Crippen LogP contribution in [0.1, 0.15) is 51.0 Å². The number of hydrogen-bond acceptors (Lipinski definition) is 3. The predicted octanol–water partition coefficient (Wildman–Crippen LogP) is 3.80. The maximum absolute atomic E-state index is 12.3. The minimum atomic E-state index is -2.80. The molecular formula is C19H28ClNO3S. The third kappa shape index (κ3) is 6.63. The Morgan fingerprint density at radius 3 is 2.52 bits per heavy atom. The van der Waals surface area contributed by atoms with E-state index < -0.39 is 9.84 Å². The van der Waals surface area contributed by atoms with Crippen molar-refractivity contribution in [2.75, 3.05) is 18.1 Å². The van der Waals surface area contributed by atoms with Gasteiger partial charge in [-0.05, 0) is 54.7 Å². The summed E-state index contributed by atoms with van der Waals surface area (Å²) in [5.74, 6) is 1.47. The van der Waals surface area contributed by atoms with E-state index in [1.165, 1.54) is 0 Å². The number of nitrogens with one attached hydrogen (secondary N) is 1. The average Bonchev–Trinajstić information content (AvgIpc) is 2.89. The smallest absolute Gasteiger partial charge is 0.220 e. The van der Waals surface area contributed by atoms with Crippen LogP contribution in [0.4, 0.5) is 0 Å². The lowest BCUT2D eigenvalue weighted by Crippen LogP contribution is -2.27. The highest BCUT2D eigenvalue weighted by Crippen LogP contribution is 2.29. The number of carbonyl (C=O) groups is 1. The zero-order valence-corrected chi connectivity index (χ0v) is 16.6. The molecule has 25 heavy (non-hydrogen) atoms. The molecule has 1 amide bonds. The van der Waals surface area contributed by atoms with E-state index >= 15 is 0 Å². The van der Waals surface area contributed by atoms with E-state index in [2.05, 4.69) is 19.2 Å². The van der Waals surface area contributed by atoms with Crippen LogP contribution >= 0.6 is 11.6 Å². The highest BCUT2D eigenvalue weighted by atomic mass is 35.5. The van der Waals surface area contributed by atoms with Crippen molar-refractivity contribution < 1.29 is 13.2 Å². The van der Waals surface area contributed by atoms with Gasteiger partial charge in [-0.25, -0.2) is 8.42 Å². The molecule has 1 N–H and O–H groups in total. The molecule has 4 nitrogen and oxygen atoms in total. The quantitative estimate of drug-likeness (QED) is 0.692. The molecule has 140 valence electrons. The Bertz CT molecular complexity index is 670. The van der Waals surface area contributed by atoms with Crippen molar-refractivity contribution in [3.8, 4) is 0 Å². The van der Waals surface area contributed by atoms with Crippen LogP contribution in [0, 0.1) is 11.8 Å². The molecule has 0 saturated carbocycles. The van der Waals surface area contributed by atoms with Crippen molar-refractivity contribution in [1.82, 2.24) is 5.32 Å². The molecule has 1 aliphatic heterocycles. The lowest BCUT2D eigenvalue weighted by atomic mass is 9.85. The first-order valence-electron chi connectivity index (χ1n) is 8.99. The highest BCUT2D eigenvalue weighted by molar-refractivity contribution is 7.91. The zero-order chi connectivity index (χ0) is 18.4. The fraction of sp³-hybridized carbons (Fsp3) is 0.632. The monoisotopic (exact) mass is 385 g/mol. The summed E-state index contributed by atoms with van der Waals surface area (Å²) in [7, 11) is -2.80.